The first kappa shape index (κ1) is 6.52. The van der Waals surface area contributed by atoms with Crippen molar-refractivity contribution in [2.45, 2.75) is 25.8 Å². The molecule has 58 valence electrons. The summed E-state index contributed by atoms with van der Waals surface area (Å²) in [6.07, 6.45) is 4.37. The zero-order valence-corrected chi connectivity index (χ0v) is 6.16. The first-order chi connectivity index (χ1) is 5.38. The Labute approximate surface area is 63.9 Å². The fraction of sp³-hybridized carbons (Fsp3) is 0.571. The lowest BCUT2D eigenvalue weighted by Crippen LogP contribution is -2.28. The Hall–Kier alpha value is -1.19. The summed E-state index contributed by atoms with van der Waals surface area (Å²) in [6.45, 7) is 0.809. The van der Waals surface area contributed by atoms with E-state index in [0.717, 1.165) is 31.6 Å². The summed E-state index contributed by atoms with van der Waals surface area (Å²) in [7, 11) is 0. The van der Waals surface area contributed by atoms with Gasteiger partial charge in [0.2, 0.25) is 0 Å². The van der Waals surface area contributed by atoms with Gasteiger partial charge in [-0.3, -0.25) is 9.36 Å². The highest BCUT2D eigenvalue weighted by Crippen LogP contribution is 2.07. The average Bonchev–Trinajstić information content (AvgIpc) is 2.06. The molecule has 0 radical (unpaired) electrons. The summed E-state index contributed by atoms with van der Waals surface area (Å²) in [5, 5.41) is 7.51. The first-order valence-corrected chi connectivity index (χ1v) is 3.79. The molecule has 0 aliphatic carbocycles. The van der Waals surface area contributed by atoms with E-state index in [9.17, 15) is 4.79 Å². The summed E-state index contributed by atoms with van der Waals surface area (Å²) in [4.78, 5) is 11.1. The molecule has 2 rings (SSSR count). The first-order valence-electron chi connectivity index (χ1n) is 3.79. The molecule has 4 nitrogen and oxygen atoms in total. The Balaban J connectivity index is 2.58. The van der Waals surface area contributed by atoms with Crippen molar-refractivity contribution in [3.63, 3.8) is 0 Å². The van der Waals surface area contributed by atoms with Crippen LogP contribution in [0.15, 0.2) is 11.0 Å². The van der Waals surface area contributed by atoms with Crippen LogP contribution in [-0.4, -0.2) is 14.8 Å². The highest BCUT2D eigenvalue weighted by Gasteiger charge is 2.09. The number of hydrogen-bond donors (Lipinski definition) is 0. The van der Waals surface area contributed by atoms with E-state index < -0.39 is 0 Å². The smallest absolute Gasteiger partial charge is 0.272 e. The summed E-state index contributed by atoms with van der Waals surface area (Å²) in [5.41, 5.74) is -0.0188. The van der Waals surface area contributed by atoms with Gasteiger partial charge in [-0.05, 0) is 12.8 Å². The van der Waals surface area contributed by atoms with Crippen molar-refractivity contribution in [3.05, 3.63) is 22.4 Å². The molecule has 0 aromatic carbocycles. The zero-order valence-electron chi connectivity index (χ0n) is 6.16. The fourth-order valence-corrected chi connectivity index (χ4v) is 1.37. The van der Waals surface area contributed by atoms with Gasteiger partial charge in [0.1, 0.15) is 12.0 Å². The van der Waals surface area contributed by atoms with Crippen LogP contribution < -0.4 is 5.56 Å². The predicted octanol–water partition coefficient (Wildman–Crippen LogP) is -0.0254. The van der Waals surface area contributed by atoms with Crippen LogP contribution in [0.1, 0.15) is 18.7 Å². The molecule has 0 atom stereocenters. The number of hydrogen-bond acceptors (Lipinski definition) is 3. The highest BCUT2D eigenvalue weighted by molar-refractivity contribution is 4.90. The standard InChI is InChI=1S/C7H9N3O/c11-7-5-8-9-6-3-1-2-4-10(6)7/h5H,1-4H2. The van der Waals surface area contributed by atoms with Crippen LogP contribution in [0.25, 0.3) is 0 Å². The van der Waals surface area contributed by atoms with E-state index in [0.29, 0.717) is 0 Å². The van der Waals surface area contributed by atoms with Crippen LogP contribution in [0, 0.1) is 0 Å². The van der Waals surface area contributed by atoms with Gasteiger partial charge in [0.05, 0.1) is 0 Å². The lowest BCUT2D eigenvalue weighted by molar-refractivity contribution is 0.484. The van der Waals surface area contributed by atoms with Gasteiger partial charge >= 0.3 is 0 Å². The van der Waals surface area contributed by atoms with Crippen LogP contribution in [0.2, 0.25) is 0 Å². The van der Waals surface area contributed by atoms with Gasteiger partial charge in [0.15, 0.2) is 0 Å². The van der Waals surface area contributed by atoms with Gasteiger partial charge in [-0.2, -0.15) is 5.10 Å². The Bertz CT molecular complexity index is 318. The number of fused-ring (bicyclic) bond motifs is 1. The summed E-state index contributed by atoms with van der Waals surface area (Å²) < 4.78 is 1.70. The number of rotatable bonds is 0. The van der Waals surface area contributed by atoms with E-state index in [1.54, 1.807) is 4.57 Å². The maximum atomic E-state index is 11.1. The van der Waals surface area contributed by atoms with Crippen molar-refractivity contribution in [3.8, 4) is 0 Å². The minimum absolute atomic E-state index is 0.0188. The van der Waals surface area contributed by atoms with Crippen LogP contribution in [-0.2, 0) is 13.0 Å². The molecule has 2 heterocycles. The van der Waals surface area contributed by atoms with Gasteiger partial charge in [0.25, 0.3) is 5.56 Å². The minimum atomic E-state index is -0.0188. The molecule has 11 heavy (non-hydrogen) atoms. The van der Waals surface area contributed by atoms with Crippen molar-refractivity contribution in [2.75, 3.05) is 0 Å². The van der Waals surface area contributed by atoms with Crippen molar-refractivity contribution in [1.29, 1.82) is 0 Å². The normalized spacial score (nSPS) is 16.0. The lowest BCUT2D eigenvalue weighted by Gasteiger charge is -2.14. The molecule has 0 N–H and O–H groups in total. The maximum absolute atomic E-state index is 11.1. The second-order valence-electron chi connectivity index (χ2n) is 2.71. The Morgan fingerprint density at radius 2 is 2.36 bits per heavy atom. The van der Waals surface area contributed by atoms with Gasteiger partial charge in [-0.1, -0.05) is 0 Å². The minimum Gasteiger partial charge on any atom is -0.294 e. The molecule has 1 aromatic heterocycles. The monoisotopic (exact) mass is 151 g/mol. The maximum Gasteiger partial charge on any atom is 0.272 e. The van der Waals surface area contributed by atoms with Crippen LogP contribution in [0.5, 0.6) is 0 Å². The SMILES string of the molecule is O=c1cnnc2n1CCCC2. The van der Waals surface area contributed by atoms with Crippen molar-refractivity contribution < 1.29 is 0 Å². The van der Waals surface area contributed by atoms with Gasteiger partial charge < -0.3 is 0 Å². The van der Waals surface area contributed by atoms with E-state index in [-0.39, 0.29) is 5.56 Å². The van der Waals surface area contributed by atoms with Crippen molar-refractivity contribution in [1.82, 2.24) is 14.8 Å². The molecule has 1 aromatic rings. The lowest BCUT2D eigenvalue weighted by atomic mass is 10.2. The molecule has 1 aliphatic rings. The zero-order chi connectivity index (χ0) is 7.68. The molecule has 0 spiro atoms. The molecule has 0 amide bonds. The van der Waals surface area contributed by atoms with Crippen LogP contribution >= 0.6 is 0 Å². The fourth-order valence-electron chi connectivity index (χ4n) is 1.37. The molecular formula is C7H9N3O. The third-order valence-corrected chi connectivity index (χ3v) is 1.95. The van der Waals surface area contributed by atoms with Crippen molar-refractivity contribution >= 4 is 0 Å². The molecule has 0 unspecified atom stereocenters. The Kier molecular flexibility index (Phi) is 1.45. The quantitative estimate of drug-likeness (QED) is 0.523. The van der Waals surface area contributed by atoms with Crippen LogP contribution in [0.4, 0.5) is 0 Å². The Morgan fingerprint density at radius 1 is 1.45 bits per heavy atom. The summed E-state index contributed by atoms with van der Waals surface area (Å²) in [5.74, 6) is 0.837. The van der Waals surface area contributed by atoms with Crippen LogP contribution in [0.3, 0.4) is 0 Å². The molecule has 0 fully saturated rings. The van der Waals surface area contributed by atoms with Gasteiger partial charge in [-0.25, -0.2) is 0 Å². The third-order valence-electron chi connectivity index (χ3n) is 1.95. The second kappa shape index (κ2) is 2.45. The van der Waals surface area contributed by atoms with E-state index in [2.05, 4.69) is 10.2 Å². The van der Waals surface area contributed by atoms with Gasteiger partial charge in [0, 0.05) is 13.0 Å². The number of nitrogens with zero attached hydrogens (tertiary/aromatic N) is 3. The van der Waals surface area contributed by atoms with Crippen molar-refractivity contribution in [2.24, 2.45) is 0 Å². The molecular weight excluding hydrogens is 142 g/mol. The average molecular weight is 151 g/mol. The topological polar surface area (TPSA) is 47.8 Å². The molecule has 4 heteroatoms. The number of aryl methyl sites for hydroxylation is 1. The Morgan fingerprint density at radius 3 is 3.18 bits per heavy atom. The highest BCUT2D eigenvalue weighted by atomic mass is 16.1. The molecule has 0 bridgehead atoms. The summed E-state index contributed by atoms with van der Waals surface area (Å²) >= 11 is 0. The third kappa shape index (κ3) is 1.04. The molecule has 1 aliphatic heterocycles. The van der Waals surface area contributed by atoms with E-state index in [4.69, 9.17) is 0 Å². The summed E-state index contributed by atoms with van der Waals surface area (Å²) in [6, 6.07) is 0. The second-order valence-corrected chi connectivity index (χ2v) is 2.71. The predicted molar refractivity (Wildman–Crippen MR) is 39.2 cm³/mol. The van der Waals surface area contributed by atoms with E-state index in [1.807, 2.05) is 0 Å². The molecule has 0 saturated carbocycles. The largest absolute Gasteiger partial charge is 0.294 e. The van der Waals surface area contributed by atoms with E-state index >= 15 is 0 Å². The molecule has 0 saturated heterocycles. The van der Waals surface area contributed by atoms with Gasteiger partial charge in [-0.15, -0.1) is 5.10 Å². The number of aromatic nitrogens is 3. The van der Waals surface area contributed by atoms with E-state index in [1.165, 1.54) is 6.20 Å².